The highest BCUT2D eigenvalue weighted by Gasteiger charge is 2.10. The first-order chi connectivity index (χ1) is 4.29. The van der Waals surface area contributed by atoms with Crippen LogP contribution in [-0.4, -0.2) is 18.5 Å². The van der Waals surface area contributed by atoms with E-state index in [2.05, 4.69) is 6.92 Å². The summed E-state index contributed by atoms with van der Waals surface area (Å²) in [6.45, 7) is 3.54. The van der Waals surface area contributed by atoms with E-state index in [-0.39, 0.29) is 0 Å². The number of ether oxygens (including phenoxy) is 2. The molecule has 0 N–H and O–H groups in total. The Morgan fingerprint density at radius 1 is 1.56 bits per heavy atom. The van der Waals surface area contributed by atoms with Gasteiger partial charge in [0.25, 0.3) is 0 Å². The van der Waals surface area contributed by atoms with Crippen molar-refractivity contribution in [2.45, 2.75) is 13.3 Å². The molecule has 0 aromatic rings. The normalized spacial score (nSPS) is 28.1. The number of rotatable bonds is 0. The SMILES string of the molecule is CC1CCOC(=S)OC1. The Morgan fingerprint density at radius 3 is 3.11 bits per heavy atom. The minimum atomic E-state index is 0.305. The second-order valence-corrected chi connectivity index (χ2v) is 2.64. The molecular formula is C6H10O2S. The van der Waals surface area contributed by atoms with Crippen molar-refractivity contribution in [2.24, 2.45) is 5.92 Å². The monoisotopic (exact) mass is 146 g/mol. The van der Waals surface area contributed by atoms with Gasteiger partial charge in [0.05, 0.1) is 13.2 Å². The molecule has 0 saturated carbocycles. The molecule has 3 heteroatoms. The molecule has 9 heavy (non-hydrogen) atoms. The van der Waals surface area contributed by atoms with Gasteiger partial charge in [0.1, 0.15) is 0 Å². The van der Waals surface area contributed by atoms with Gasteiger partial charge in [-0.2, -0.15) is 0 Å². The van der Waals surface area contributed by atoms with E-state index in [1.807, 2.05) is 0 Å². The highest BCUT2D eigenvalue weighted by atomic mass is 32.1. The van der Waals surface area contributed by atoms with Crippen LogP contribution in [0.15, 0.2) is 0 Å². The van der Waals surface area contributed by atoms with Gasteiger partial charge in [-0.3, -0.25) is 0 Å². The first-order valence-corrected chi connectivity index (χ1v) is 3.49. The Labute approximate surface area is 60.1 Å². The van der Waals surface area contributed by atoms with Gasteiger partial charge in [0.15, 0.2) is 0 Å². The molecule has 0 amide bonds. The van der Waals surface area contributed by atoms with Crippen LogP contribution in [-0.2, 0) is 9.47 Å². The van der Waals surface area contributed by atoms with Gasteiger partial charge in [-0.25, -0.2) is 0 Å². The molecule has 0 spiro atoms. The van der Waals surface area contributed by atoms with Crippen molar-refractivity contribution in [1.82, 2.24) is 0 Å². The molecule has 1 fully saturated rings. The summed E-state index contributed by atoms with van der Waals surface area (Å²) in [5.41, 5.74) is 0. The fourth-order valence-electron chi connectivity index (χ4n) is 0.679. The van der Waals surface area contributed by atoms with E-state index in [1.165, 1.54) is 0 Å². The Kier molecular flexibility index (Phi) is 2.28. The Hall–Kier alpha value is -0.310. The fourth-order valence-corrected chi connectivity index (χ4v) is 0.830. The van der Waals surface area contributed by atoms with E-state index >= 15 is 0 Å². The lowest BCUT2D eigenvalue weighted by Crippen LogP contribution is -2.05. The van der Waals surface area contributed by atoms with E-state index in [4.69, 9.17) is 21.7 Å². The van der Waals surface area contributed by atoms with Gasteiger partial charge in [-0.05, 0) is 12.3 Å². The molecular weight excluding hydrogens is 136 g/mol. The maximum atomic E-state index is 5.02. The highest BCUT2D eigenvalue weighted by Crippen LogP contribution is 2.07. The van der Waals surface area contributed by atoms with Crippen molar-refractivity contribution in [3.63, 3.8) is 0 Å². The summed E-state index contributed by atoms with van der Waals surface area (Å²) < 4.78 is 10.0. The maximum absolute atomic E-state index is 5.02. The topological polar surface area (TPSA) is 18.5 Å². The van der Waals surface area contributed by atoms with Gasteiger partial charge in [0.2, 0.25) is 0 Å². The lowest BCUT2D eigenvalue weighted by atomic mass is 10.1. The third kappa shape index (κ3) is 2.18. The van der Waals surface area contributed by atoms with Crippen LogP contribution < -0.4 is 0 Å². The van der Waals surface area contributed by atoms with Crippen LogP contribution in [0.25, 0.3) is 0 Å². The number of hydrogen-bond donors (Lipinski definition) is 0. The average molecular weight is 146 g/mol. The minimum Gasteiger partial charge on any atom is -0.457 e. The lowest BCUT2D eigenvalue weighted by Gasteiger charge is -2.02. The zero-order valence-corrected chi connectivity index (χ0v) is 6.24. The van der Waals surface area contributed by atoms with Crippen LogP contribution in [0.4, 0.5) is 0 Å². The van der Waals surface area contributed by atoms with Crippen molar-refractivity contribution in [1.29, 1.82) is 0 Å². The minimum absolute atomic E-state index is 0.305. The molecule has 0 aromatic heterocycles. The summed E-state index contributed by atoms with van der Waals surface area (Å²) in [6.07, 6.45) is 1.04. The van der Waals surface area contributed by atoms with E-state index in [9.17, 15) is 0 Å². The smallest absolute Gasteiger partial charge is 0.352 e. The number of thiocarbonyl (C=S) groups is 1. The Morgan fingerprint density at radius 2 is 2.33 bits per heavy atom. The Balaban J connectivity index is 2.34. The summed E-state index contributed by atoms with van der Waals surface area (Å²) in [5, 5.41) is 0.305. The molecule has 0 radical (unpaired) electrons. The molecule has 1 rings (SSSR count). The van der Waals surface area contributed by atoms with Crippen LogP contribution >= 0.6 is 12.2 Å². The van der Waals surface area contributed by atoms with Crippen LogP contribution in [0.1, 0.15) is 13.3 Å². The molecule has 1 unspecified atom stereocenters. The first-order valence-electron chi connectivity index (χ1n) is 3.08. The van der Waals surface area contributed by atoms with Gasteiger partial charge in [-0.15, -0.1) is 0 Å². The molecule has 1 atom stereocenters. The molecule has 1 heterocycles. The van der Waals surface area contributed by atoms with E-state index in [0.717, 1.165) is 6.42 Å². The van der Waals surface area contributed by atoms with Gasteiger partial charge in [0, 0.05) is 12.2 Å². The number of hydrogen-bond acceptors (Lipinski definition) is 3. The summed E-state index contributed by atoms with van der Waals surface area (Å²) in [7, 11) is 0. The van der Waals surface area contributed by atoms with E-state index in [1.54, 1.807) is 0 Å². The third-order valence-electron chi connectivity index (χ3n) is 1.32. The molecule has 2 nitrogen and oxygen atoms in total. The van der Waals surface area contributed by atoms with Crippen molar-refractivity contribution in [3.05, 3.63) is 0 Å². The van der Waals surface area contributed by atoms with Crippen molar-refractivity contribution in [3.8, 4) is 0 Å². The average Bonchev–Trinajstić information content (AvgIpc) is 1.97. The van der Waals surface area contributed by atoms with Crippen LogP contribution in [0.2, 0.25) is 0 Å². The largest absolute Gasteiger partial charge is 0.457 e. The predicted molar refractivity (Wildman–Crippen MR) is 38.3 cm³/mol. The molecule has 0 bridgehead atoms. The highest BCUT2D eigenvalue weighted by molar-refractivity contribution is 7.79. The lowest BCUT2D eigenvalue weighted by molar-refractivity contribution is 0.208. The van der Waals surface area contributed by atoms with Crippen molar-refractivity contribution in [2.75, 3.05) is 13.2 Å². The second kappa shape index (κ2) is 3.01. The summed E-state index contributed by atoms with van der Waals surface area (Å²) >= 11 is 4.70. The zero-order valence-electron chi connectivity index (χ0n) is 5.42. The van der Waals surface area contributed by atoms with Gasteiger partial charge < -0.3 is 9.47 Å². The molecule has 52 valence electrons. The maximum Gasteiger partial charge on any atom is 0.352 e. The zero-order chi connectivity index (χ0) is 6.69. The van der Waals surface area contributed by atoms with Crippen molar-refractivity contribution >= 4 is 17.5 Å². The van der Waals surface area contributed by atoms with Crippen molar-refractivity contribution < 1.29 is 9.47 Å². The van der Waals surface area contributed by atoms with Crippen LogP contribution in [0.5, 0.6) is 0 Å². The summed E-state index contributed by atoms with van der Waals surface area (Å²) in [5.74, 6) is 0.574. The van der Waals surface area contributed by atoms with Crippen LogP contribution in [0, 0.1) is 5.92 Å². The molecule has 1 saturated heterocycles. The molecule has 1 aliphatic rings. The first kappa shape index (κ1) is 6.81. The third-order valence-corrected chi connectivity index (χ3v) is 1.55. The molecule has 0 aliphatic carbocycles. The van der Waals surface area contributed by atoms with E-state index < -0.39 is 0 Å². The van der Waals surface area contributed by atoms with Gasteiger partial charge in [-0.1, -0.05) is 6.92 Å². The molecule has 1 aliphatic heterocycles. The fraction of sp³-hybridized carbons (Fsp3) is 0.833. The standard InChI is InChI=1S/C6H10O2S/c1-5-2-3-7-6(9)8-4-5/h5H,2-4H2,1H3. The van der Waals surface area contributed by atoms with Crippen LogP contribution in [0.3, 0.4) is 0 Å². The van der Waals surface area contributed by atoms with E-state index in [0.29, 0.717) is 24.4 Å². The summed E-state index contributed by atoms with van der Waals surface area (Å²) in [6, 6.07) is 0. The van der Waals surface area contributed by atoms with Gasteiger partial charge >= 0.3 is 5.24 Å². The predicted octanol–water partition coefficient (Wildman–Crippen LogP) is 1.34. The Bertz CT molecular complexity index is 114. The summed E-state index contributed by atoms with van der Waals surface area (Å²) in [4.78, 5) is 0. The quantitative estimate of drug-likeness (QED) is 0.480. The second-order valence-electron chi connectivity index (χ2n) is 2.30. The molecule has 0 aromatic carbocycles.